The van der Waals surface area contributed by atoms with E-state index < -0.39 is 0 Å². The number of halogens is 1. The molecule has 2 aromatic carbocycles. The topological polar surface area (TPSA) is 24.5 Å². The van der Waals surface area contributed by atoms with Gasteiger partial charge in [-0.05, 0) is 42.3 Å². The van der Waals surface area contributed by atoms with Crippen molar-refractivity contribution >= 4 is 15.9 Å². The molecule has 1 aliphatic heterocycles. The van der Waals surface area contributed by atoms with Gasteiger partial charge in [0.05, 0.1) is 12.6 Å². The molecule has 122 valence electrons. The van der Waals surface area contributed by atoms with Crippen LogP contribution in [0.2, 0.25) is 0 Å². The fraction of sp³-hybridized carbons (Fsp3) is 0.368. The minimum absolute atomic E-state index is 0.259. The Kier molecular flexibility index (Phi) is 5.70. The summed E-state index contributed by atoms with van der Waals surface area (Å²) in [7, 11) is 0. The van der Waals surface area contributed by atoms with Crippen LogP contribution in [0.3, 0.4) is 0 Å². The second-order valence-electron chi connectivity index (χ2n) is 5.75. The second kappa shape index (κ2) is 7.95. The van der Waals surface area contributed by atoms with E-state index in [0.717, 1.165) is 36.4 Å². The zero-order chi connectivity index (χ0) is 16.1. The van der Waals surface area contributed by atoms with Gasteiger partial charge in [-0.1, -0.05) is 40.2 Å². The van der Waals surface area contributed by atoms with Gasteiger partial charge in [0.15, 0.2) is 0 Å². The first-order chi connectivity index (χ1) is 11.3. The minimum Gasteiger partial charge on any atom is -0.494 e. The van der Waals surface area contributed by atoms with Crippen molar-refractivity contribution in [2.45, 2.75) is 13.0 Å². The van der Waals surface area contributed by atoms with Gasteiger partial charge in [-0.2, -0.15) is 0 Å². The lowest BCUT2D eigenvalue weighted by atomic mass is 9.96. The molecule has 0 aliphatic carbocycles. The smallest absolute Gasteiger partial charge is 0.119 e. The lowest BCUT2D eigenvalue weighted by Gasteiger charge is -2.35. The summed E-state index contributed by atoms with van der Waals surface area (Å²) in [5.74, 6) is 0.945. The Balaban J connectivity index is 1.98. The standard InChI is InChI=1S/C19H23BrN2O/c1-2-23-18-8-4-6-16(14-18)19(22-11-9-21-10-12-22)15-5-3-7-17(20)13-15/h3-8,13-14,19,21H,2,9-12H2,1H3. The van der Waals surface area contributed by atoms with Crippen LogP contribution in [0.1, 0.15) is 24.1 Å². The van der Waals surface area contributed by atoms with Gasteiger partial charge in [-0.3, -0.25) is 4.90 Å². The molecule has 1 heterocycles. The molecule has 23 heavy (non-hydrogen) atoms. The number of benzene rings is 2. The van der Waals surface area contributed by atoms with Crippen molar-refractivity contribution in [3.63, 3.8) is 0 Å². The molecule has 1 aliphatic rings. The third kappa shape index (κ3) is 4.14. The van der Waals surface area contributed by atoms with E-state index >= 15 is 0 Å². The average Bonchev–Trinajstić information content (AvgIpc) is 2.57. The lowest BCUT2D eigenvalue weighted by Crippen LogP contribution is -2.45. The molecule has 2 aromatic rings. The van der Waals surface area contributed by atoms with Crippen LogP contribution in [-0.2, 0) is 0 Å². The van der Waals surface area contributed by atoms with Crippen molar-refractivity contribution in [2.75, 3.05) is 32.8 Å². The summed E-state index contributed by atoms with van der Waals surface area (Å²) in [5, 5.41) is 3.44. The van der Waals surface area contributed by atoms with Crippen molar-refractivity contribution in [3.8, 4) is 5.75 Å². The molecule has 0 saturated carbocycles. The summed E-state index contributed by atoms with van der Waals surface area (Å²) in [4.78, 5) is 2.54. The van der Waals surface area contributed by atoms with Gasteiger partial charge in [0.1, 0.15) is 5.75 Å². The van der Waals surface area contributed by atoms with E-state index in [0.29, 0.717) is 6.61 Å². The summed E-state index contributed by atoms with van der Waals surface area (Å²) in [6.45, 7) is 6.89. The number of nitrogens with one attached hydrogen (secondary N) is 1. The van der Waals surface area contributed by atoms with Crippen LogP contribution < -0.4 is 10.1 Å². The molecular weight excluding hydrogens is 352 g/mol. The summed E-state index contributed by atoms with van der Waals surface area (Å²) in [5.41, 5.74) is 2.60. The first-order valence-corrected chi connectivity index (χ1v) is 9.00. The predicted molar refractivity (Wildman–Crippen MR) is 98.0 cm³/mol. The Labute approximate surface area is 146 Å². The second-order valence-corrected chi connectivity index (χ2v) is 6.66. The highest BCUT2D eigenvalue weighted by Crippen LogP contribution is 2.32. The molecule has 0 aromatic heterocycles. The summed E-state index contributed by atoms with van der Waals surface area (Å²) in [6.07, 6.45) is 0. The van der Waals surface area contributed by atoms with Crippen molar-refractivity contribution in [3.05, 3.63) is 64.1 Å². The number of hydrogen-bond donors (Lipinski definition) is 1. The molecular formula is C19H23BrN2O. The zero-order valence-electron chi connectivity index (χ0n) is 13.5. The van der Waals surface area contributed by atoms with E-state index in [1.807, 2.05) is 13.0 Å². The molecule has 1 atom stereocenters. The number of hydrogen-bond acceptors (Lipinski definition) is 3. The van der Waals surface area contributed by atoms with Crippen molar-refractivity contribution in [2.24, 2.45) is 0 Å². The normalized spacial score (nSPS) is 17.0. The maximum absolute atomic E-state index is 5.70. The zero-order valence-corrected chi connectivity index (χ0v) is 15.1. The Morgan fingerprint density at radius 1 is 1.09 bits per heavy atom. The maximum Gasteiger partial charge on any atom is 0.119 e. The number of nitrogens with zero attached hydrogens (tertiary/aromatic N) is 1. The highest BCUT2D eigenvalue weighted by atomic mass is 79.9. The van der Waals surface area contributed by atoms with Crippen LogP contribution in [0, 0.1) is 0 Å². The van der Waals surface area contributed by atoms with Gasteiger partial charge >= 0.3 is 0 Å². The van der Waals surface area contributed by atoms with E-state index in [2.05, 4.69) is 68.6 Å². The monoisotopic (exact) mass is 374 g/mol. The van der Waals surface area contributed by atoms with E-state index in [9.17, 15) is 0 Å². The van der Waals surface area contributed by atoms with Crippen molar-refractivity contribution in [1.29, 1.82) is 0 Å². The molecule has 1 N–H and O–H groups in total. The number of ether oxygens (including phenoxy) is 1. The van der Waals surface area contributed by atoms with Crippen LogP contribution in [0.15, 0.2) is 53.0 Å². The first kappa shape index (κ1) is 16.5. The fourth-order valence-corrected chi connectivity index (χ4v) is 3.59. The van der Waals surface area contributed by atoms with Crippen LogP contribution in [0.4, 0.5) is 0 Å². The van der Waals surface area contributed by atoms with Crippen molar-refractivity contribution < 1.29 is 4.74 Å². The molecule has 1 saturated heterocycles. The van der Waals surface area contributed by atoms with Gasteiger partial charge in [0.2, 0.25) is 0 Å². The lowest BCUT2D eigenvalue weighted by molar-refractivity contribution is 0.198. The largest absolute Gasteiger partial charge is 0.494 e. The quantitative estimate of drug-likeness (QED) is 0.860. The Morgan fingerprint density at radius 3 is 2.48 bits per heavy atom. The van der Waals surface area contributed by atoms with Gasteiger partial charge in [-0.25, -0.2) is 0 Å². The van der Waals surface area contributed by atoms with Crippen LogP contribution >= 0.6 is 15.9 Å². The molecule has 1 unspecified atom stereocenters. The molecule has 0 bridgehead atoms. The van der Waals surface area contributed by atoms with E-state index in [1.54, 1.807) is 0 Å². The molecule has 4 heteroatoms. The van der Waals surface area contributed by atoms with E-state index in [-0.39, 0.29) is 6.04 Å². The predicted octanol–water partition coefficient (Wildman–Crippen LogP) is 3.84. The maximum atomic E-state index is 5.70. The van der Waals surface area contributed by atoms with Gasteiger partial charge in [0, 0.05) is 30.7 Å². The van der Waals surface area contributed by atoms with Gasteiger partial charge in [-0.15, -0.1) is 0 Å². The SMILES string of the molecule is CCOc1cccc(C(c2cccc(Br)c2)N2CCNCC2)c1. The summed E-state index contributed by atoms with van der Waals surface area (Å²) in [6, 6.07) is 17.4. The van der Waals surface area contributed by atoms with Crippen LogP contribution in [-0.4, -0.2) is 37.7 Å². The Bertz CT molecular complexity index is 641. The molecule has 0 amide bonds. The molecule has 1 fully saturated rings. The number of rotatable bonds is 5. The Morgan fingerprint density at radius 2 is 1.78 bits per heavy atom. The van der Waals surface area contributed by atoms with Gasteiger partial charge in [0.25, 0.3) is 0 Å². The fourth-order valence-electron chi connectivity index (χ4n) is 3.17. The van der Waals surface area contributed by atoms with E-state index in [4.69, 9.17) is 4.74 Å². The van der Waals surface area contributed by atoms with Crippen molar-refractivity contribution in [1.82, 2.24) is 10.2 Å². The number of piperazine rings is 1. The third-order valence-electron chi connectivity index (χ3n) is 4.17. The molecule has 3 rings (SSSR count). The molecule has 0 spiro atoms. The highest BCUT2D eigenvalue weighted by Gasteiger charge is 2.24. The first-order valence-electron chi connectivity index (χ1n) is 8.21. The third-order valence-corrected chi connectivity index (χ3v) is 4.66. The summed E-state index contributed by atoms with van der Waals surface area (Å²) < 4.78 is 6.82. The van der Waals surface area contributed by atoms with E-state index in [1.165, 1.54) is 11.1 Å². The molecule has 3 nitrogen and oxygen atoms in total. The Hall–Kier alpha value is -1.36. The minimum atomic E-state index is 0.259. The highest BCUT2D eigenvalue weighted by molar-refractivity contribution is 9.10. The van der Waals surface area contributed by atoms with Crippen LogP contribution in [0.25, 0.3) is 0 Å². The van der Waals surface area contributed by atoms with Gasteiger partial charge < -0.3 is 10.1 Å². The summed E-state index contributed by atoms with van der Waals surface area (Å²) >= 11 is 3.61. The molecule has 0 radical (unpaired) electrons. The average molecular weight is 375 g/mol. The van der Waals surface area contributed by atoms with Crippen LogP contribution in [0.5, 0.6) is 5.75 Å².